The quantitative estimate of drug-likeness (QED) is 0.653. The summed E-state index contributed by atoms with van der Waals surface area (Å²) in [5, 5.41) is 8.47. The van der Waals surface area contributed by atoms with E-state index >= 15 is 0 Å². The third-order valence-corrected chi connectivity index (χ3v) is 2.85. The Hall–Kier alpha value is -0.830. The van der Waals surface area contributed by atoms with Crippen molar-refractivity contribution in [1.82, 2.24) is 4.90 Å². The molecule has 2 aliphatic carbocycles. The van der Waals surface area contributed by atoms with Gasteiger partial charge in [0.05, 0.1) is 0 Å². The second-order valence-electron chi connectivity index (χ2n) is 4.37. The molecule has 2 aliphatic rings. The molecular formula is C11H17NO2. The second-order valence-corrected chi connectivity index (χ2v) is 4.37. The lowest BCUT2D eigenvalue weighted by atomic mass is 10.3. The van der Waals surface area contributed by atoms with Crippen LogP contribution in [0.3, 0.4) is 0 Å². The van der Waals surface area contributed by atoms with E-state index in [1.807, 2.05) is 0 Å². The van der Waals surface area contributed by atoms with E-state index in [-0.39, 0.29) is 0 Å². The first-order valence-electron chi connectivity index (χ1n) is 5.39. The molecule has 0 aromatic heterocycles. The first-order valence-corrected chi connectivity index (χ1v) is 5.39. The van der Waals surface area contributed by atoms with Crippen LogP contribution in [0.1, 0.15) is 25.7 Å². The Morgan fingerprint density at radius 3 is 2.57 bits per heavy atom. The molecule has 0 spiro atoms. The number of carboxylic acid groups (broad SMARTS) is 1. The monoisotopic (exact) mass is 195 g/mol. The van der Waals surface area contributed by atoms with Crippen LogP contribution in [0.5, 0.6) is 0 Å². The lowest BCUT2D eigenvalue weighted by Gasteiger charge is -2.19. The number of hydrogen-bond acceptors (Lipinski definition) is 2. The Morgan fingerprint density at radius 2 is 2.07 bits per heavy atom. The summed E-state index contributed by atoms with van der Waals surface area (Å²) < 4.78 is 0. The summed E-state index contributed by atoms with van der Waals surface area (Å²) in [4.78, 5) is 12.7. The van der Waals surface area contributed by atoms with E-state index in [4.69, 9.17) is 5.11 Å². The lowest BCUT2D eigenvalue weighted by molar-refractivity contribution is -0.131. The fourth-order valence-electron chi connectivity index (χ4n) is 1.73. The van der Waals surface area contributed by atoms with E-state index in [9.17, 15) is 4.79 Å². The van der Waals surface area contributed by atoms with Crippen molar-refractivity contribution >= 4 is 5.97 Å². The molecule has 78 valence electrons. The maximum atomic E-state index is 10.3. The van der Waals surface area contributed by atoms with Gasteiger partial charge in [-0.25, -0.2) is 4.79 Å². The molecule has 2 saturated carbocycles. The average Bonchev–Trinajstić information content (AvgIpc) is 2.98. The Balaban J connectivity index is 1.74. The van der Waals surface area contributed by atoms with Crippen molar-refractivity contribution in [1.29, 1.82) is 0 Å². The minimum Gasteiger partial charge on any atom is -0.478 e. The third kappa shape index (κ3) is 3.14. The predicted octanol–water partition coefficient (Wildman–Crippen LogP) is 1.50. The van der Waals surface area contributed by atoms with Gasteiger partial charge >= 0.3 is 5.97 Å². The number of hydrogen-bond donors (Lipinski definition) is 1. The number of carboxylic acids is 1. The Labute approximate surface area is 84.4 Å². The van der Waals surface area contributed by atoms with E-state index in [1.54, 1.807) is 6.08 Å². The van der Waals surface area contributed by atoms with E-state index < -0.39 is 5.97 Å². The maximum absolute atomic E-state index is 10.3. The molecule has 0 unspecified atom stereocenters. The Kier molecular flexibility index (Phi) is 2.87. The molecule has 0 aromatic rings. The number of nitrogens with zero attached hydrogens (tertiary/aromatic N) is 1. The van der Waals surface area contributed by atoms with Crippen LogP contribution in [0.25, 0.3) is 0 Å². The van der Waals surface area contributed by atoms with Crippen molar-refractivity contribution in [3.8, 4) is 0 Å². The maximum Gasteiger partial charge on any atom is 0.328 e. The molecule has 3 nitrogen and oxygen atoms in total. The molecule has 0 bridgehead atoms. The van der Waals surface area contributed by atoms with Crippen LogP contribution in [0.2, 0.25) is 0 Å². The highest BCUT2D eigenvalue weighted by atomic mass is 16.4. The highest BCUT2D eigenvalue weighted by Crippen LogP contribution is 2.34. The average molecular weight is 195 g/mol. The first-order chi connectivity index (χ1) is 6.75. The number of rotatable bonds is 6. The van der Waals surface area contributed by atoms with Crippen molar-refractivity contribution < 1.29 is 9.90 Å². The van der Waals surface area contributed by atoms with Crippen LogP contribution < -0.4 is 0 Å². The normalized spacial score (nSPS) is 22.1. The van der Waals surface area contributed by atoms with Crippen molar-refractivity contribution in [3.05, 3.63) is 12.2 Å². The predicted molar refractivity (Wildman–Crippen MR) is 54.1 cm³/mol. The minimum absolute atomic E-state index is 0.744. The van der Waals surface area contributed by atoms with E-state index in [2.05, 4.69) is 4.90 Å². The van der Waals surface area contributed by atoms with Gasteiger partial charge < -0.3 is 5.11 Å². The van der Waals surface area contributed by atoms with Crippen molar-refractivity contribution in [2.75, 3.05) is 13.1 Å². The lowest BCUT2D eigenvalue weighted by Crippen LogP contribution is -2.28. The third-order valence-electron chi connectivity index (χ3n) is 2.85. The molecule has 0 amide bonds. The number of aliphatic carboxylic acids is 1. The van der Waals surface area contributed by atoms with Crippen molar-refractivity contribution in [2.45, 2.75) is 31.7 Å². The highest BCUT2D eigenvalue weighted by Gasteiger charge is 2.32. The van der Waals surface area contributed by atoms with Gasteiger partial charge in [-0.05, 0) is 31.6 Å². The topological polar surface area (TPSA) is 40.5 Å². The van der Waals surface area contributed by atoms with Gasteiger partial charge in [-0.2, -0.15) is 0 Å². The van der Waals surface area contributed by atoms with Crippen LogP contribution in [0.15, 0.2) is 12.2 Å². The molecule has 0 saturated heterocycles. The largest absolute Gasteiger partial charge is 0.478 e. The molecule has 3 heteroatoms. The molecule has 0 heterocycles. The molecular weight excluding hydrogens is 178 g/mol. The number of carbonyl (C=O) groups is 1. The van der Waals surface area contributed by atoms with Crippen LogP contribution >= 0.6 is 0 Å². The first kappa shape index (κ1) is 9.71. The summed E-state index contributed by atoms with van der Waals surface area (Å²) in [5.74, 6) is 0.0565. The summed E-state index contributed by atoms with van der Waals surface area (Å²) in [7, 11) is 0. The zero-order chi connectivity index (χ0) is 9.97. The van der Waals surface area contributed by atoms with Crippen molar-refractivity contribution in [3.63, 3.8) is 0 Å². The Morgan fingerprint density at radius 1 is 1.36 bits per heavy atom. The fourth-order valence-corrected chi connectivity index (χ4v) is 1.73. The smallest absolute Gasteiger partial charge is 0.328 e. The van der Waals surface area contributed by atoms with Crippen LogP contribution in [-0.2, 0) is 4.79 Å². The van der Waals surface area contributed by atoms with Gasteiger partial charge in [-0.3, -0.25) is 4.90 Å². The minimum atomic E-state index is -0.841. The van der Waals surface area contributed by atoms with Crippen LogP contribution in [0, 0.1) is 5.92 Å². The molecule has 0 aliphatic heterocycles. The molecule has 14 heavy (non-hydrogen) atoms. The summed E-state index contributed by atoms with van der Waals surface area (Å²) in [6, 6.07) is 0.744. The van der Waals surface area contributed by atoms with Gasteiger partial charge in [-0.15, -0.1) is 0 Å². The summed E-state index contributed by atoms with van der Waals surface area (Å²) in [6.45, 7) is 1.99. The highest BCUT2D eigenvalue weighted by molar-refractivity contribution is 5.79. The fraction of sp³-hybridized carbons (Fsp3) is 0.727. The van der Waals surface area contributed by atoms with Gasteiger partial charge in [0, 0.05) is 25.2 Å². The van der Waals surface area contributed by atoms with Gasteiger partial charge in [0.25, 0.3) is 0 Å². The SMILES string of the molecule is O=C(O)/C=C/CN(CC1CC1)C1CC1. The molecule has 2 fully saturated rings. The molecule has 0 radical (unpaired) electrons. The molecule has 0 atom stereocenters. The van der Waals surface area contributed by atoms with E-state index in [0.717, 1.165) is 18.5 Å². The zero-order valence-corrected chi connectivity index (χ0v) is 8.35. The molecule has 0 aromatic carbocycles. The summed E-state index contributed by atoms with van der Waals surface area (Å²) in [5.41, 5.74) is 0. The zero-order valence-electron chi connectivity index (χ0n) is 8.35. The molecule has 1 N–H and O–H groups in total. The van der Waals surface area contributed by atoms with Crippen molar-refractivity contribution in [2.24, 2.45) is 5.92 Å². The van der Waals surface area contributed by atoms with Gasteiger partial charge in [0.2, 0.25) is 0 Å². The molecule has 2 rings (SSSR count). The van der Waals surface area contributed by atoms with Gasteiger partial charge in [0.1, 0.15) is 0 Å². The standard InChI is InChI=1S/C11H17NO2/c13-11(14)2-1-7-12(10-5-6-10)8-9-3-4-9/h1-2,9-10H,3-8H2,(H,13,14)/b2-1+. The Bertz CT molecular complexity index is 242. The van der Waals surface area contributed by atoms with Crippen LogP contribution in [-0.4, -0.2) is 35.1 Å². The van der Waals surface area contributed by atoms with Gasteiger partial charge in [-0.1, -0.05) is 6.08 Å². The van der Waals surface area contributed by atoms with Crippen LogP contribution in [0.4, 0.5) is 0 Å². The summed E-state index contributed by atoms with van der Waals surface area (Å²) >= 11 is 0. The second kappa shape index (κ2) is 4.13. The van der Waals surface area contributed by atoms with E-state index in [0.29, 0.717) is 0 Å². The van der Waals surface area contributed by atoms with Gasteiger partial charge in [0.15, 0.2) is 0 Å². The van der Waals surface area contributed by atoms with E-state index in [1.165, 1.54) is 38.3 Å². The summed E-state index contributed by atoms with van der Waals surface area (Å²) in [6.07, 6.45) is 8.35.